The van der Waals surface area contributed by atoms with Gasteiger partial charge in [-0.3, -0.25) is 0 Å². The van der Waals surface area contributed by atoms with Crippen molar-refractivity contribution in [1.82, 2.24) is 0 Å². The van der Waals surface area contributed by atoms with Crippen molar-refractivity contribution in [2.75, 3.05) is 20.3 Å². The topological polar surface area (TPSA) is 44.5 Å². The van der Waals surface area contributed by atoms with Crippen LogP contribution in [0.15, 0.2) is 18.2 Å². The van der Waals surface area contributed by atoms with Crippen LogP contribution >= 0.6 is 12.4 Å². The zero-order valence-electron chi connectivity index (χ0n) is 10.2. The molecule has 0 heterocycles. The molecule has 0 fully saturated rings. The lowest BCUT2D eigenvalue weighted by molar-refractivity contribution is 0.330. The Morgan fingerprint density at radius 1 is 1.29 bits per heavy atom. The van der Waals surface area contributed by atoms with Crippen molar-refractivity contribution in [2.45, 2.75) is 13.3 Å². The first-order chi connectivity index (χ1) is 7.81. The molecule has 0 atom stereocenters. The van der Waals surface area contributed by atoms with Gasteiger partial charge in [0, 0.05) is 0 Å². The smallest absolute Gasteiger partial charge is 0.162 e. The van der Waals surface area contributed by atoms with Gasteiger partial charge in [0.05, 0.1) is 7.11 Å². The van der Waals surface area contributed by atoms with Gasteiger partial charge in [-0.05, 0) is 37.6 Å². The van der Waals surface area contributed by atoms with E-state index in [1.54, 1.807) is 14.0 Å². The highest BCUT2D eigenvalue weighted by Gasteiger charge is 2.04. The number of nitrogens with two attached hydrogens (primary N) is 1. The first-order valence-electron chi connectivity index (χ1n) is 5.21. The molecule has 0 radical (unpaired) electrons. The number of hydrogen-bond acceptors (Lipinski definition) is 3. The van der Waals surface area contributed by atoms with Crippen LogP contribution in [0.5, 0.6) is 11.5 Å². The van der Waals surface area contributed by atoms with Crippen LogP contribution in [0, 0.1) is 11.8 Å². The van der Waals surface area contributed by atoms with Gasteiger partial charge in [0.1, 0.15) is 6.61 Å². The molecular weight excluding hydrogens is 238 g/mol. The molecule has 0 aliphatic rings. The number of hydrogen-bond donors (Lipinski definition) is 1. The Labute approximate surface area is 109 Å². The fraction of sp³-hybridized carbons (Fsp3) is 0.385. The zero-order valence-corrected chi connectivity index (χ0v) is 11.0. The van der Waals surface area contributed by atoms with E-state index in [4.69, 9.17) is 15.2 Å². The summed E-state index contributed by atoms with van der Waals surface area (Å²) in [5.41, 5.74) is 6.64. The summed E-state index contributed by atoms with van der Waals surface area (Å²) in [5.74, 6) is 7.05. The van der Waals surface area contributed by atoms with Crippen molar-refractivity contribution in [3.05, 3.63) is 23.8 Å². The van der Waals surface area contributed by atoms with Crippen LogP contribution in [0.3, 0.4) is 0 Å². The van der Waals surface area contributed by atoms with Crippen molar-refractivity contribution >= 4 is 12.4 Å². The third-order valence-corrected chi connectivity index (χ3v) is 2.14. The highest BCUT2D eigenvalue weighted by atomic mass is 35.5. The molecule has 0 saturated carbocycles. The third-order valence-electron chi connectivity index (χ3n) is 2.14. The Bertz CT molecular complexity index is 396. The molecule has 1 aromatic carbocycles. The molecule has 2 N–H and O–H groups in total. The molecular formula is C13H18ClNO2. The minimum atomic E-state index is 0. The van der Waals surface area contributed by atoms with E-state index in [9.17, 15) is 0 Å². The predicted molar refractivity (Wildman–Crippen MR) is 71.9 cm³/mol. The van der Waals surface area contributed by atoms with Crippen LogP contribution in [0.2, 0.25) is 0 Å². The van der Waals surface area contributed by atoms with Gasteiger partial charge in [-0.1, -0.05) is 12.0 Å². The van der Waals surface area contributed by atoms with Crippen molar-refractivity contribution in [2.24, 2.45) is 5.73 Å². The summed E-state index contributed by atoms with van der Waals surface area (Å²) < 4.78 is 10.7. The second-order valence-electron chi connectivity index (χ2n) is 3.24. The largest absolute Gasteiger partial charge is 0.493 e. The van der Waals surface area contributed by atoms with Gasteiger partial charge in [0.2, 0.25) is 0 Å². The van der Waals surface area contributed by atoms with Gasteiger partial charge >= 0.3 is 0 Å². The second kappa shape index (κ2) is 8.74. The van der Waals surface area contributed by atoms with Crippen LogP contribution in [-0.4, -0.2) is 20.3 Å². The summed E-state index contributed by atoms with van der Waals surface area (Å²) in [6.07, 6.45) is 0.839. The monoisotopic (exact) mass is 255 g/mol. The number of methoxy groups -OCH3 is 1. The molecule has 0 amide bonds. The quantitative estimate of drug-likeness (QED) is 0.819. The van der Waals surface area contributed by atoms with E-state index in [1.165, 1.54) is 0 Å². The fourth-order valence-corrected chi connectivity index (χ4v) is 1.34. The molecule has 0 aliphatic heterocycles. The maximum absolute atomic E-state index is 5.50. The van der Waals surface area contributed by atoms with E-state index in [1.807, 2.05) is 18.2 Å². The SMILES string of the molecule is CC#CCOc1ccc(CCN)cc1OC.Cl. The summed E-state index contributed by atoms with van der Waals surface area (Å²) in [7, 11) is 1.62. The van der Waals surface area contributed by atoms with Crippen LogP contribution in [-0.2, 0) is 6.42 Å². The maximum atomic E-state index is 5.50. The van der Waals surface area contributed by atoms with E-state index in [2.05, 4.69) is 11.8 Å². The number of benzene rings is 1. The number of ether oxygens (including phenoxy) is 2. The number of halogens is 1. The first-order valence-corrected chi connectivity index (χ1v) is 5.21. The highest BCUT2D eigenvalue weighted by Crippen LogP contribution is 2.27. The standard InChI is InChI=1S/C13H17NO2.ClH/c1-3-4-9-16-12-6-5-11(7-8-14)10-13(12)15-2;/h5-6,10H,7-9,14H2,1-2H3;1H. The lowest BCUT2D eigenvalue weighted by Crippen LogP contribution is -2.03. The van der Waals surface area contributed by atoms with Gasteiger partial charge in [0.15, 0.2) is 11.5 Å². The maximum Gasteiger partial charge on any atom is 0.162 e. The first kappa shape index (κ1) is 15.6. The molecule has 1 aromatic rings. The minimum Gasteiger partial charge on any atom is -0.493 e. The molecule has 0 aromatic heterocycles. The van der Waals surface area contributed by atoms with E-state index >= 15 is 0 Å². The van der Waals surface area contributed by atoms with Crippen LogP contribution in [0.4, 0.5) is 0 Å². The van der Waals surface area contributed by atoms with Gasteiger partial charge in [-0.15, -0.1) is 18.3 Å². The Morgan fingerprint density at radius 2 is 2.06 bits per heavy atom. The van der Waals surface area contributed by atoms with Crippen LogP contribution in [0.1, 0.15) is 12.5 Å². The molecule has 0 aliphatic carbocycles. The molecule has 3 nitrogen and oxygen atoms in total. The molecule has 0 spiro atoms. The van der Waals surface area contributed by atoms with Crippen molar-refractivity contribution in [3.8, 4) is 23.3 Å². The molecule has 94 valence electrons. The van der Waals surface area contributed by atoms with Crippen molar-refractivity contribution < 1.29 is 9.47 Å². The van der Waals surface area contributed by atoms with Crippen LogP contribution in [0.25, 0.3) is 0 Å². The lowest BCUT2D eigenvalue weighted by Gasteiger charge is -2.10. The lowest BCUT2D eigenvalue weighted by atomic mass is 10.1. The van der Waals surface area contributed by atoms with Crippen LogP contribution < -0.4 is 15.2 Å². The summed E-state index contributed by atoms with van der Waals surface area (Å²) in [6, 6.07) is 5.83. The molecule has 0 saturated heterocycles. The Kier molecular flexibility index (Phi) is 8.04. The fourth-order valence-electron chi connectivity index (χ4n) is 1.34. The summed E-state index contributed by atoms with van der Waals surface area (Å²) in [4.78, 5) is 0. The predicted octanol–water partition coefficient (Wildman–Crippen LogP) is 2.02. The van der Waals surface area contributed by atoms with Crippen molar-refractivity contribution in [1.29, 1.82) is 0 Å². The Balaban J connectivity index is 0.00000256. The average Bonchev–Trinajstić information content (AvgIpc) is 2.31. The van der Waals surface area contributed by atoms with Gasteiger partial charge < -0.3 is 15.2 Å². The second-order valence-corrected chi connectivity index (χ2v) is 3.24. The third kappa shape index (κ3) is 4.99. The van der Waals surface area contributed by atoms with E-state index in [-0.39, 0.29) is 12.4 Å². The minimum absolute atomic E-state index is 0. The Morgan fingerprint density at radius 3 is 2.65 bits per heavy atom. The summed E-state index contributed by atoms with van der Waals surface area (Å²) in [6.45, 7) is 2.79. The van der Waals surface area contributed by atoms with E-state index in [0.29, 0.717) is 18.9 Å². The zero-order chi connectivity index (χ0) is 11.8. The molecule has 0 bridgehead atoms. The van der Waals surface area contributed by atoms with Gasteiger partial charge in [-0.2, -0.15) is 0 Å². The van der Waals surface area contributed by atoms with Gasteiger partial charge in [-0.25, -0.2) is 0 Å². The molecule has 17 heavy (non-hydrogen) atoms. The van der Waals surface area contributed by atoms with Gasteiger partial charge in [0.25, 0.3) is 0 Å². The van der Waals surface area contributed by atoms with Crippen molar-refractivity contribution in [3.63, 3.8) is 0 Å². The normalized spacial score (nSPS) is 8.65. The molecule has 1 rings (SSSR count). The average molecular weight is 256 g/mol. The summed E-state index contributed by atoms with van der Waals surface area (Å²) in [5, 5.41) is 0. The summed E-state index contributed by atoms with van der Waals surface area (Å²) >= 11 is 0. The van der Waals surface area contributed by atoms with E-state index in [0.717, 1.165) is 17.7 Å². The molecule has 0 unspecified atom stereocenters. The number of rotatable bonds is 5. The highest BCUT2D eigenvalue weighted by molar-refractivity contribution is 5.85. The van der Waals surface area contributed by atoms with E-state index < -0.39 is 0 Å². The molecule has 4 heteroatoms. The Hall–Kier alpha value is -1.37.